The van der Waals surface area contributed by atoms with Gasteiger partial charge in [-0.2, -0.15) is 0 Å². The summed E-state index contributed by atoms with van der Waals surface area (Å²) >= 11 is 5.01. The number of anilines is 1. The molecule has 1 atom stereocenters. The van der Waals surface area contributed by atoms with E-state index in [0.29, 0.717) is 18.0 Å². The van der Waals surface area contributed by atoms with Crippen molar-refractivity contribution in [2.45, 2.75) is 38.7 Å². The van der Waals surface area contributed by atoms with Gasteiger partial charge in [0.1, 0.15) is 0 Å². The quantitative estimate of drug-likeness (QED) is 0.470. The second kappa shape index (κ2) is 8.31. The number of carbonyl (C=O) groups is 1. The van der Waals surface area contributed by atoms with Gasteiger partial charge in [-0.3, -0.25) is 9.69 Å². The molecule has 0 N–H and O–H groups in total. The zero-order chi connectivity index (χ0) is 19.7. The number of halogens is 1. The summed E-state index contributed by atoms with van der Waals surface area (Å²) in [6.07, 6.45) is 2.09. The first-order valence-corrected chi connectivity index (χ1v) is 11.2. The summed E-state index contributed by atoms with van der Waals surface area (Å²) in [6.45, 7) is 5.64. The van der Waals surface area contributed by atoms with Gasteiger partial charge < -0.3 is 4.74 Å². The van der Waals surface area contributed by atoms with Gasteiger partial charge in [0.15, 0.2) is 5.13 Å². The summed E-state index contributed by atoms with van der Waals surface area (Å²) in [6, 6.07) is 13.8. The lowest BCUT2D eigenvalue weighted by Gasteiger charge is -2.23. The molecule has 28 heavy (non-hydrogen) atoms. The van der Waals surface area contributed by atoms with Crippen molar-refractivity contribution in [3.05, 3.63) is 58.1 Å². The molecule has 3 aromatic rings. The lowest BCUT2D eigenvalue weighted by Crippen LogP contribution is -2.37. The third-order valence-corrected chi connectivity index (χ3v) is 6.61. The van der Waals surface area contributed by atoms with E-state index in [1.54, 1.807) is 16.2 Å². The number of aromatic nitrogens is 1. The summed E-state index contributed by atoms with van der Waals surface area (Å²) in [5.74, 6) is 0.348. The van der Waals surface area contributed by atoms with Crippen molar-refractivity contribution in [2.75, 3.05) is 18.1 Å². The lowest BCUT2D eigenvalue weighted by molar-refractivity contribution is 0.0917. The molecule has 1 aliphatic heterocycles. The zero-order valence-corrected chi connectivity index (χ0v) is 18.4. The molecule has 2 aromatic carbocycles. The highest BCUT2D eigenvalue weighted by Gasteiger charge is 2.27. The number of hydrogen-bond donors (Lipinski definition) is 0. The highest BCUT2D eigenvalue weighted by Crippen LogP contribution is 2.34. The van der Waals surface area contributed by atoms with Gasteiger partial charge in [-0.1, -0.05) is 53.2 Å². The van der Waals surface area contributed by atoms with Crippen molar-refractivity contribution in [3.8, 4) is 0 Å². The van der Waals surface area contributed by atoms with E-state index in [1.165, 1.54) is 5.56 Å². The zero-order valence-electron chi connectivity index (χ0n) is 16.0. The Bertz CT molecular complexity index is 978. The van der Waals surface area contributed by atoms with E-state index in [0.717, 1.165) is 39.3 Å². The summed E-state index contributed by atoms with van der Waals surface area (Å²) in [5, 5.41) is 0.742. The fraction of sp³-hybridized carbons (Fsp3) is 0.364. The van der Waals surface area contributed by atoms with Crippen LogP contribution in [0.2, 0.25) is 0 Å². The van der Waals surface area contributed by atoms with E-state index < -0.39 is 0 Å². The Labute approximate surface area is 177 Å². The van der Waals surface area contributed by atoms with Crippen LogP contribution in [-0.4, -0.2) is 30.1 Å². The summed E-state index contributed by atoms with van der Waals surface area (Å²) < 4.78 is 7.89. The second-order valence-electron chi connectivity index (χ2n) is 7.40. The number of hydrogen-bond acceptors (Lipinski definition) is 4. The number of rotatable bonds is 5. The maximum absolute atomic E-state index is 13.4. The van der Waals surface area contributed by atoms with Crippen LogP contribution in [0.1, 0.15) is 48.5 Å². The van der Waals surface area contributed by atoms with Crippen LogP contribution in [0.15, 0.2) is 46.9 Å². The van der Waals surface area contributed by atoms with Crippen molar-refractivity contribution < 1.29 is 9.53 Å². The molecule has 1 aliphatic rings. The predicted octanol–water partition coefficient (Wildman–Crippen LogP) is 6.01. The van der Waals surface area contributed by atoms with Crippen LogP contribution in [-0.2, 0) is 4.74 Å². The van der Waals surface area contributed by atoms with Crippen LogP contribution in [0.3, 0.4) is 0 Å². The molecule has 6 heteroatoms. The van der Waals surface area contributed by atoms with Crippen LogP contribution >= 0.6 is 27.3 Å². The van der Waals surface area contributed by atoms with Crippen molar-refractivity contribution >= 4 is 48.5 Å². The van der Waals surface area contributed by atoms with Gasteiger partial charge in [0.2, 0.25) is 0 Å². The number of para-hydroxylation sites is 1. The van der Waals surface area contributed by atoms with E-state index in [4.69, 9.17) is 9.72 Å². The Morgan fingerprint density at radius 3 is 2.75 bits per heavy atom. The molecule has 1 fully saturated rings. The summed E-state index contributed by atoms with van der Waals surface area (Å²) in [7, 11) is 0. The highest BCUT2D eigenvalue weighted by atomic mass is 79.9. The van der Waals surface area contributed by atoms with Gasteiger partial charge in [-0.05, 0) is 54.7 Å². The molecule has 0 radical (unpaired) electrons. The van der Waals surface area contributed by atoms with Crippen LogP contribution < -0.4 is 4.90 Å². The Balaban J connectivity index is 1.74. The van der Waals surface area contributed by atoms with Gasteiger partial charge >= 0.3 is 0 Å². The van der Waals surface area contributed by atoms with E-state index in [9.17, 15) is 4.79 Å². The Morgan fingerprint density at radius 2 is 2.07 bits per heavy atom. The number of ether oxygens (including phenoxy) is 1. The first-order valence-electron chi connectivity index (χ1n) is 9.61. The van der Waals surface area contributed by atoms with E-state index in [1.807, 2.05) is 24.3 Å². The molecule has 0 spiro atoms. The fourth-order valence-corrected chi connectivity index (χ4v) is 4.80. The van der Waals surface area contributed by atoms with Crippen LogP contribution in [0.25, 0.3) is 10.2 Å². The van der Waals surface area contributed by atoms with Crippen LogP contribution in [0, 0.1) is 0 Å². The molecule has 4 nitrogen and oxygen atoms in total. The minimum absolute atomic E-state index is 0.0341. The second-order valence-corrected chi connectivity index (χ2v) is 9.33. The van der Waals surface area contributed by atoms with Crippen LogP contribution in [0.5, 0.6) is 0 Å². The normalized spacial score (nSPS) is 16.8. The molecule has 0 bridgehead atoms. The molecular formula is C22H23BrN2O2S. The molecular weight excluding hydrogens is 436 g/mol. The first kappa shape index (κ1) is 19.6. The van der Waals surface area contributed by atoms with Gasteiger partial charge in [0.05, 0.1) is 22.9 Å². The topological polar surface area (TPSA) is 42.4 Å². The lowest BCUT2D eigenvalue weighted by atomic mass is 10.0. The van der Waals surface area contributed by atoms with E-state index >= 15 is 0 Å². The first-order chi connectivity index (χ1) is 13.5. The third-order valence-electron chi connectivity index (χ3n) is 5.04. The van der Waals surface area contributed by atoms with Crippen LogP contribution in [0.4, 0.5) is 5.13 Å². The molecule has 1 saturated heterocycles. The molecule has 2 heterocycles. The fourth-order valence-electron chi connectivity index (χ4n) is 3.53. The highest BCUT2D eigenvalue weighted by molar-refractivity contribution is 9.10. The van der Waals surface area contributed by atoms with Gasteiger partial charge in [0, 0.05) is 16.6 Å². The molecule has 1 unspecified atom stereocenters. The minimum atomic E-state index is -0.0341. The third kappa shape index (κ3) is 4.00. The van der Waals surface area contributed by atoms with Crippen molar-refractivity contribution in [1.29, 1.82) is 0 Å². The van der Waals surface area contributed by atoms with E-state index in [-0.39, 0.29) is 12.0 Å². The Hall–Kier alpha value is -1.76. The largest absolute Gasteiger partial charge is 0.376 e. The van der Waals surface area contributed by atoms with Crippen molar-refractivity contribution in [3.63, 3.8) is 0 Å². The number of carbonyl (C=O) groups excluding carboxylic acids is 1. The number of fused-ring (bicyclic) bond motifs is 1. The minimum Gasteiger partial charge on any atom is -0.376 e. The SMILES string of the molecule is CC(C)c1cccc2sc(N(CC3CCCO3)C(=O)c3ccc(Br)cc3)nc12. The standard InChI is InChI=1S/C22H23BrN2O2S/c1-14(2)18-6-3-7-19-20(18)24-22(28-19)25(13-17-5-4-12-27-17)21(26)15-8-10-16(23)11-9-15/h3,6-11,14,17H,4-5,12-13H2,1-2H3. The maximum atomic E-state index is 13.4. The Kier molecular flexibility index (Phi) is 5.80. The average Bonchev–Trinajstić information content (AvgIpc) is 3.35. The molecule has 4 rings (SSSR count). The van der Waals surface area contributed by atoms with Gasteiger partial charge in [-0.15, -0.1) is 0 Å². The number of amides is 1. The van der Waals surface area contributed by atoms with Gasteiger partial charge in [0.25, 0.3) is 5.91 Å². The molecule has 0 saturated carbocycles. The molecule has 1 aromatic heterocycles. The monoisotopic (exact) mass is 458 g/mol. The number of benzene rings is 2. The van der Waals surface area contributed by atoms with Crippen molar-refractivity contribution in [2.24, 2.45) is 0 Å². The molecule has 0 aliphatic carbocycles. The van der Waals surface area contributed by atoms with E-state index in [2.05, 4.69) is 48.0 Å². The molecule has 146 valence electrons. The van der Waals surface area contributed by atoms with Crippen molar-refractivity contribution in [1.82, 2.24) is 4.98 Å². The number of nitrogens with zero attached hydrogens (tertiary/aromatic N) is 2. The van der Waals surface area contributed by atoms with Gasteiger partial charge in [-0.25, -0.2) is 4.98 Å². The average molecular weight is 459 g/mol. The number of thiazole rings is 1. The maximum Gasteiger partial charge on any atom is 0.260 e. The predicted molar refractivity (Wildman–Crippen MR) is 119 cm³/mol. The summed E-state index contributed by atoms with van der Waals surface area (Å²) in [5.41, 5.74) is 2.87. The summed E-state index contributed by atoms with van der Waals surface area (Å²) in [4.78, 5) is 20.1. The smallest absolute Gasteiger partial charge is 0.260 e. The molecule has 1 amide bonds. The Morgan fingerprint density at radius 1 is 1.29 bits per heavy atom.